The van der Waals surface area contributed by atoms with Crippen LogP contribution in [-0.2, 0) is 11.3 Å². The first-order valence-corrected chi connectivity index (χ1v) is 6.19. The maximum absolute atomic E-state index is 10.9. The van der Waals surface area contributed by atoms with E-state index in [4.69, 9.17) is 5.26 Å². The summed E-state index contributed by atoms with van der Waals surface area (Å²) in [6, 6.07) is 9.94. The third kappa shape index (κ3) is 2.78. The number of benzene rings is 1. The lowest BCUT2D eigenvalue weighted by molar-refractivity contribution is -0.117. The molecule has 0 saturated heterocycles. The molecule has 0 aliphatic carbocycles. The first kappa shape index (κ1) is 12.4. The van der Waals surface area contributed by atoms with Gasteiger partial charge in [0.1, 0.15) is 5.78 Å². The molecule has 3 heteroatoms. The molecule has 0 fully saturated rings. The molecular formula is C15H16N2O. The summed E-state index contributed by atoms with van der Waals surface area (Å²) in [6.45, 7) is 2.52. The van der Waals surface area contributed by atoms with Gasteiger partial charge in [-0.1, -0.05) is 6.07 Å². The molecule has 2 rings (SSSR count). The smallest absolute Gasteiger partial charge is 0.129 e. The van der Waals surface area contributed by atoms with Crippen LogP contribution in [0.25, 0.3) is 10.9 Å². The van der Waals surface area contributed by atoms with Gasteiger partial charge in [0.05, 0.1) is 11.6 Å². The highest BCUT2D eigenvalue weighted by atomic mass is 16.1. The van der Waals surface area contributed by atoms with Crippen LogP contribution in [0.2, 0.25) is 0 Å². The Morgan fingerprint density at radius 2 is 2.17 bits per heavy atom. The average Bonchev–Trinajstić information content (AvgIpc) is 2.76. The van der Waals surface area contributed by atoms with E-state index in [0.29, 0.717) is 12.0 Å². The summed E-state index contributed by atoms with van der Waals surface area (Å²) < 4.78 is 2.15. The molecule has 0 unspecified atom stereocenters. The SMILES string of the molecule is CC(=O)CCCCn1ccc2ccc(C#N)cc21. The van der Waals surface area contributed by atoms with E-state index in [2.05, 4.69) is 16.7 Å². The predicted molar refractivity (Wildman–Crippen MR) is 71.2 cm³/mol. The van der Waals surface area contributed by atoms with Crippen LogP contribution in [-0.4, -0.2) is 10.4 Å². The predicted octanol–water partition coefficient (Wildman–Crippen LogP) is 3.27. The van der Waals surface area contributed by atoms with Crippen molar-refractivity contribution in [3.8, 4) is 6.07 Å². The third-order valence-electron chi connectivity index (χ3n) is 3.08. The lowest BCUT2D eigenvalue weighted by Crippen LogP contribution is -1.98. The fourth-order valence-corrected chi connectivity index (χ4v) is 2.10. The topological polar surface area (TPSA) is 45.8 Å². The highest BCUT2D eigenvalue weighted by molar-refractivity contribution is 5.81. The van der Waals surface area contributed by atoms with Crippen molar-refractivity contribution < 1.29 is 4.79 Å². The minimum Gasteiger partial charge on any atom is -0.347 e. The van der Waals surface area contributed by atoms with Crippen molar-refractivity contribution in [2.45, 2.75) is 32.7 Å². The number of carbonyl (C=O) groups excluding carboxylic acids is 1. The van der Waals surface area contributed by atoms with Gasteiger partial charge in [-0.15, -0.1) is 0 Å². The summed E-state index contributed by atoms with van der Waals surface area (Å²) in [5.74, 6) is 0.249. The number of rotatable bonds is 5. The van der Waals surface area contributed by atoms with Crippen LogP contribution < -0.4 is 0 Å². The molecule has 0 aliphatic heterocycles. The number of nitriles is 1. The lowest BCUT2D eigenvalue weighted by Gasteiger charge is -2.05. The Hall–Kier alpha value is -2.08. The van der Waals surface area contributed by atoms with Gasteiger partial charge >= 0.3 is 0 Å². The van der Waals surface area contributed by atoms with Crippen molar-refractivity contribution in [1.82, 2.24) is 4.57 Å². The number of aryl methyl sites for hydroxylation is 1. The monoisotopic (exact) mass is 240 g/mol. The van der Waals surface area contributed by atoms with Gasteiger partial charge in [-0.25, -0.2) is 0 Å². The van der Waals surface area contributed by atoms with Crippen molar-refractivity contribution in [1.29, 1.82) is 5.26 Å². The Morgan fingerprint density at radius 1 is 1.33 bits per heavy atom. The van der Waals surface area contributed by atoms with E-state index in [1.165, 1.54) is 0 Å². The van der Waals surface area contributed by atoms with Crippen LogP contribution in [0.15, 0.2) is 30.5 Å². The van der Waals surface area contributed by atoms with Crippen molar-refractivity contribution in [3.63, 3.8) is 0 Å². The number of ketones is 1. The van der Waals surface area contributed by atoms with Crippen molar-refractivity contribution >= 4 is 16.7 Å². The molecule has 0 atom stereocenters. The Balaban J connectivity index is 2.09. The molecule has 0 bridgehead atoms. The molecule has 2 aromatic rings. The second-order valence-corrected chi connectivity index (χ2v) is 4.55. The zero-order valence-corrected chi connectivity index (χ0v) is 10.5. The van der Waals surface area contributed by atoms with Crippen molar-refractivity contribution in [2.24, 2.45) is 0 Å². The van der Waals surface area contributed by atoms with Gasteiger partial charge in [0, 0.05) is 24.7 Å². The number of aromatic nitrogens is 1. The van der Waals surface area contributed by atoms with Crippen molar-refractivity contribution in [2.75, 3.05) is 0 Å². The first-order valence-electron chi connectivity index (χ1n) is 6.19. The number of Topliss-reactive ketones (excluding diaryl/α,β-unsaturated/α-hetero) is 1. The molecule has 92 valence electrons. The Bertz CT molecular complexity index is 604. The van der Waals surface area contributed by atoms with E-state index in [-0.39, 0.29) is 5.78 Å². The Labute approximate surface area is 107 Å². The maximum Gasteiger partial charge on any atom is 0.129 e. The summed E-state index contributed by atoms with van der Waals surface area (Å²) >= 11 is 0. The zero-order valence-electron chi connectivity index (χ0n) is 10.5. The van der Waals surface area contributed by atoms with E-state index >= 15 is 0 Å². The van der Waals surface area contributed by atoms with Gasteiger partial charge in [-0.2, -0.15) is 5.26 Å². The fourth-order valence-electron chi connectivity index (χ4n) is 2.10. The summed E-state index contributed by atoms with van der Waals surface area (Å²) in [5.41, 5.74) is 1.78. The van der Waals surface area contributed by atoms with E-state index in [1.807, 2.05) is 24.4 Å². The standard InChI is InChI=1S/C15H16N2O/c1-12(18)4-2-3-8-17-9-7-14-6-5-13(11-16)10-15(14)17/h5-7,9-10H,2-4,8H2,1H3. The molecule has 1 aromatic carbocycles. The van der Waals surface area contributed by atoms with Gasteiger partial charge in [0.25, 0.3) is 0 Å². The Kier molecular flexibility index (Phi) is 3.78. The van der Waals surface area contributed by atoms with Crippen molar-refractivity contribution in [3.05, 3.63) is 36.0 Å². The molecule has 1 aromatic heterocycles. The Morgan fingerprint density at radius 3 is 2.89 bits per heavy atom. The third-order valence-corrected chi connectivity index (χ3v) is 3.08. The van der Waals surface area contributed by atoms with E-state index in [1.54, 1.807) is 6.92 Å². The second-order valence-electron chi connectivity index (χ2n) is 4.55. The van der Waals surface area contributed by atoms with Gasteiger partial charge in [0.15, 0.2) is 0 Å². The summed E-state index contributed by atoms with van der Waals surface area (Å²) in [7, 11) is 0. The fraction of sp³-hybridized carbons (Fsp3) is 0.333. The van der Waals surface area contributed by atoms with E-state index < -0.39 is 0 Å². The largest absolute Gasteiger partial charge is 0.347 e. The van der Waals surface area contributed by atoms with Gasteiger partial charge in [0.2, 0.25) is 0 Å². The molecular weight excluding hydrogens is 224 g/mol. The van der Waals surface area contributed by atoms with Crippen LogP contribution in [0.4, 0.5) is 0 Å². The molecule has 0 radical (unpaired) electrons. The molecule has 0 saturated carbocycles. The summed E-state index contributed by atoms with van der Waals surface area (Å²) in [6.07, 6.45) is 4.61. The molecule has 0 amide bonds. The number of unbranched alkanes of at least 4 members (excludes halogenated alkanes) is 1. The molecule has 0 spiro atoms. The van der Waals surface area contributed by atoms with Crippen LogP contribution in [0.1, 0.15) is 31.7 Å². The van der Waals surface area contributed by atoms with Gasteiger partial charge in [-0.3, -0.25) is 0 Å². The number of carbonyl (C=O) groups is 1. The highest BCUT2D eigenvalue weighted by Crippen LogP contribution is 2.18. The van der Waals surface area contributed by atoms with Crippen LogP contribution in [0, 0.1) is 11.3 Å². The van der Waals surface area contributed by atoms with Crippen LogP contribution >= 0.6 is 0 Å². The highest BCUT2D eigenvalue weighted by Gasteiger charge is 2.02. The summed E-state index contributed by atoms with van der Waals surface area (Å²) in [4.78, 5) is 10.9. The number of hydrogen-bond acceptors (Lipinski definition) is 2. The second kappa shape index (κ2) is 5.50. The average molecular weight is 240 g/mol. The van der Waals surface area contributed by atoms with Crippen LogP contribution in [0.5, 0.6) is 0 Å². The minimum atomic E-state index is 0.249. The molecule has 18 heavy (non-hydrogen) atoms. The zero-order chi connectivity index (χ0) is 13.0. The summed E-state index contributed by atoms with van der Waals surface area (Å²) in [5, 5.41) is 10.1. The van der Waals surface area contributed by atoms with Gasteiger partial charge in [-0.05, 0) is 43.4 Å². The maximum atomic E-state index is 10.9. The molecule has 0 N–H and O–H groups in total. The normalized spacial score (nSPS) is 10.4. The van der Waals surface area contributed by atoms with Gasteiger partial charge < -0.3 is 9.36 Å². The lowest BCUT2D eigenvalue weighted by atomic mass is 10.1. The number of nitrogens with zero attached hydrogens (tertiary/aromatic N) is 2. The number of fused-ring (bicyclic) bond motifs is 1. The molecule has 0 aliphatic rings. The van der Waals surface area contributed by atoms with E-state index in [0.717, 1.165) is 30.3 Å². The quantitative estimate of drug-likeness (QED) is 0.753. The molecule has 1 heterocycles. The number of hydrogen-bond donors (Lipinski definition) is 0. The van der Waals surface area contributed by atoms with Crippen LogP contribution in [0.3, 0.4) is 0 Å². The first-order chi connectivity index (χ1) is 8.70. The van der Waals surface area contributed by atoms with E-state index in [9.17, 15) is 4.79 Å². The molecule has 3 nitrogen and oxygen atoms in total. The minimum absolute atomic E-state index is 0.249.